The SMILES string of the molecule is C/C=C\C(=C/CC)CN1CCC(N)CC1. The van der Waals surface area contributed by atoms with Crippen LogP contribution in [0.2, 0.25) is 0 Å². The molecule has 0 aromatic heterocycles. The van der Waals surface area contributed by atoms with Crippen LogP contribution in [-0.2, 0) is 0 Å². The summed E-state index contributed by atoms with van der Waals surface area (Å²) < 4.78 is 0. The second kappa shape index (κ2) is 6.81. The van der Waals surface area contributed by atoms with Crippen molar-refractivity contribution in [1.29, 1.82) is 0 Å². The van der Waals surface area contributed by atoms with Gasteiger partial charge >= 0.3 is 0 Å². The lowest BCUT2D eigenvalue weighted by atomic mass is 10.1. The van der Waals surface area contributed by atoms with Gasteiger partial charge in [0.15, 0.2) is 0 Å². The lowest BCUT2D eigenvalue weighted by molar-refractivity contribution is 0.230. The smallest absolute Gasteiger partial charge is 0.0230 e. The molecule has 0 saturated carbocycles. The van der Waals surface area contributed by atoms with Crippen LogP contribution >= 0.6 is 0 Å². The zero-order chi connectivity index (χ0) is 11.1. The molecule has 86 valence electrons. The Bertz CT molecular complexity index is 223. The van der Waals surface area contributed by atoms with Crippen LogP contribution in [0.1, 0.15) is 33.1 Å². The van der Waals surface area contributed by atoms with Crippen LogP contribution in [0.25, 0.3) is 0 Å². The summed E-state index contributed by atoms with van der Waals surface area (Å²) in [4.78, 5) is 2.50. The minimum atomic E-state index is 0.432. The van der Waals surface area contributed by atoms with Crippen LogP contribution in [0, 0.1) is 0 Å². The van der Waals surface area contributed by atoms with Gasteiger partial charge in [0.1, 0.15) is 0 Å². The Morgan fingerprint density at radius 2 is 2.07 bits per heavy atom. The molecule has 0 atom stereocenters. The molecule has 0 unspecified atom stereocenters. The number of hydrogen-bond donors (Lipinski definition) is 1. The van der Waals surface area contributed by atoms with Crippen LogP contribution in [-0.4, -0.2) is 30.6 Å². The molecular formula is C13H24N2. The summed E-state index contributed by atoms with van der Waals surface area (Å²) in [6.45, 7) is 7.66. The Labute approximate surface area is 93.8 Å². The Hall–Kier alpha value is -0.600. The van der Waals surface area contributed by atoms with Crippen molar-refractivity contribution < 1.29 is 0 Å². The lowest BCUT2D eigenvalue weighted by Crippen LogP contribution is -2.40. The standard InChI is InChI=1S/C13H24N2/c1-3-5-12(6-4-2)11-15-9-7-13(14)8-10-15/h3,5-6,13H,4,7-11,14H2,1-2H3/b5-3-,12-6+. The average Bonchev–Trinajstić information content (AvgIpc) is 2.22. The van der Waals surface area contributed by atoms with E-state index in [9.17, 15) is 0 Å². The molecule has 0 radical (unpaired) electrons. The van der Waals surface area contributed by atoms with Crippen molar-refractivity contribution in [3.63, 3.8) is 0 Å². The summed E-state index contributed by atoms with van der Waals surface area (Å²) in [7, 11) is 0. The molecule has 15 heavy (non-hydrogen) atoms. The number of hydrogen-bond acceptors (Lipinski definition) is 2. The molecule has 0 aliphatic carbocycles. The van der Waals surface area contributed by atoms with Crippen LogP contribution < -0.4 is 5.73 Å². The molecule has 1 heterocycles. The molecule has 0 amide bonds. The third kappa shape index (κ3) is 4.63. The fraction of sp³-hybridized carbons (Fsp3) is 0.692. The monoisotopic (exact) mass is 208 g/mol. The Balaban J connectivity index is 2.41. The van der Waals surface area contributed by atoms with E-state index in [1.807, 2.05) is 0 Å². The lowest BCUT2D eigenvalue weighted by Gasteiger charge is -2.30. The summed E-state index contributed by atoms with van der Waals surface area (Å²) in [5.41, 5.74) is 7.33. The van der Waals surface area contributed by atoms with Gasteiger partial charge in [-0.2, -0.15) is 0 Å². The molecule has 0 bridgehead atoms. The van der Waals surface area contributed by atoms with Crippen molar-refractivity contribution in [3.05, 3.63) is 23.8 Å². The fourth-order valence-electron chi connectivity index (χ4n) is 2.03. The van der Waals surface area contributed by atoms with Crippen LogP contribution in [0.3, 0.4) is 0 Å². The van der Waals surface area contributed by atoms with Gasteiger partial charge in [-0.1, -0.05) is 25.2 Å². The van der Waals surface area contributed by atoms with Crippen molar-refractivity contribution in [2.75, 3.05) is 19.6 Å². The number of rotatable bonds is 4. The Kier molecular flexibility index (Phi) is 5.66. The molecular weight excluding hydrogens is 184 g/mol. The van der Waals surface area contributed by atoms with Crippen molar-refractivity contribution in [2.24, 2.45) is 5.73 Å². The van der Waals surface area contributed by atoms with E-state index in [1.165, 1.54) is 5.57 Å². The van der Waals surface area contributed by atoms with Crippen LogP contribution in [0.5, 0.6) is 0 Å². The van der Waals surface area contributed by atoms with Crippen LogP contribution in [0.15, 0.2) is 23.8 Å². The normalized spacial score (nSPS) is 21.4. The van der Waals surface area contributed by atoms with E-state index in [0.717, 1.165) is 38.9 Å². The zero-order valence-electron chi connectivity index (χ0n) is 10.1. The van der Waals surface area contributed by atoms with Crippen molar-refractivity contribution in [3.8, 4) is 0 Å². The van der Waals surface area contributed by atoms with Crippen molar-refractivity contribution in [1.82, 2.24) is 4.90 Å². The summed E-state index contributed by atoms with van der Waals surface area (Å²) in [6.07, 6.45) is 10.1. The van der Waals surface area contributed by atoms with Gasteiger partial charge in [-0.05, 0) is 44.8 Å². The quantitative estimate of drug-likeness (QED) is 0.718. The van der Waals surface area contributed by atoms with E-state index < -0.39 is 0 Å². The number of allylic oxidation sites excluding steroid dienone is 2. The molecule has 2 N–H and O–H groups in total. The first-order chi connectivity index (χ1) is 7.26. The molecule has 0 spiro atoms. The number of nitrogens with zero attached hydrogens (tertiary/aromatic N) is 1. The van der Waals surface area contributed by atoms with E-state index in [0.29, 0.717) is 6.04 Å². The van der Waals surface area contributed by atoms with Gasteiger partial charge in [0, 0.05) is 12.6 Å². The second-order valence-electron chi connectivity index (χ2n) is 4.30. The summed E-state index contributed by atoms with van der Waals surface area (Å²) in [6, 6.07) is 0.432. The van der Waals surface area contributed by atoms with Gasteiger partial charge in [-0.3, -0.25) is 4.90 Å². The third-order valence-electron chi connectivity index (χ3n) is 2.89. The molecule has 2 heteroatoms. The largest absolute Gasteiger partial charge is 0.328 e. The maximum Gasteiger partial charge on any atom is 0.0230 e. The Morgan fingerprint density at radius 3 is 2.60 bits per heavy atom. The second-order valence-corrected chi connectivity index (χ2v) is 4.30. The minimum Gasteiger partial charge on any atom is -0.328 e. The van der Waals surface area contributed by atoms with Gasteiger partial charge in [-0.15, -0.1) is 0 Å². The first-order valence-corrected chi connectivity index (χ1v) is 6.06. The summed E-state index contributed by atoms with van der Waals surface area (Å²) >= 11 is 0. The summed E-state index contributed by atoms with van der Waals surface area (Å²) in [5, 5.41) is 0. The van der Waals surface area contributed by atoms with E-state index in [-0.39, 0.29) is 0 Å². The van der Waals surface area contributed by atoms with Gasteiger partial charge in [-0.25, -0.2) is 0 Å². The molecule has 1 saturated heterocycles. The zero-order valence-corrected chi connectivity index (χ0v) is 10.1. The first kappa shape index (κ1) is 12.5. The first-order valence-electron chi connectivity index (χ1n) is 6.06. The maximum atomic E-state index is 5.89. The molecule has 1 fully saturated rings. The predicted molar refractivity (Wildman–Crippen MR) is 66.8 cm³/mol. The van der Waals surface area contributed by atoms with Crippen LogP contribution in [0.4, 0.5) is 0 Å². The number of likely N-dealkylation sites (tertiary alicyclic amines) is 1. The molecule has 0 aromatic carbocycles. The molecule has 1 aliphatic heterocycles. The highest BCUT2D eigenvalue weighted by atomic mass is 15.1. The molecule has 1 aliphatic rings. The fourth-order valence-corrected chi connectivity index (χ4v) is 2.03. The summed E-state index contributed by atoms with van der Waals surface area (Å²) in [5.74, 6) is 0. The van der Waals surface area contributed by atoms with Crippen molar-refractivity contribution >= 4 is 0 Å². The van der Waals surface area contributed by atoms with E-state index in [4.69, 9.17) is 5.73 Å². The van der Waals surface area contributed by atoms with Gasteiger partial charge < -0.3 is 5.73 Å². The minimum absolute atomic E-state index is 0.432. The highest BCUT2D eigenvalue weighted by molar-refractivity contribution is 5.19. The Morgan fingerprint density at radius 1 is 1.40 bits per heavy atom. The number of piperidine rings is 1. The molecule has 0 aromatic rings. The average molecular weight is 208 g/mol. The van der Waals surface area contributed by atoms with E-state index >= 15 is 0 Å². The van der Waals surface area contributed by atoms with E-state index in [2.05, 4.69) is 37.0 Å². The highest BCUT2D eigenvalue weighted by Crippen LogP contribution is 2.11. The third-order valence-corrected chi connectivity index (χ3v) is 2.89. The van der Waals surface area contributed by atoms with Gasteiger partial charge in [0.25, 0.3) is 0 Å². The van der Waals surface area contributed by atoms with E-state index in [1.54, 1.807) is 0 Å². The van der Waals surface area contributed by atoms with Crippen molar-refractivity contribution in [2.45, 2.75) is 39.2 Å². The number of nitrogens with two attached hydrogens (primary N) is 1. The van der Waals surface area contributed by atoms with Gasteiger partial charge in [0.05, 0.1) is 0 Å². The molecule has 1 rings (SSSR count). The van der Waals surface area contributed by atoms with Gasteiger partial charge in [0.2, 0.25) is 0 Å². The molecule has 2 nitrogen and oxygen atoms in total. The maximum absolute atomic E-state index is 5.89. The highest BCUT2D eigenvalue weighted by Gasteiger charge is 2.15. The predicted octanol–water partition coefficient (Wildman–Crippen LogP) is 2.32. The topological polar surface area (TPSA) is 29.3 Å².